The molecule has 0 amide bonds. The van der Waals surface area contributed by atoms with E-state index in [1.807, 2.05) is 0 Å². The molecule has 3 heteroatoms. The second kappa shape index (κ2) is 4.60. The van der Waals surface area contributed by atoms with Gasteiger partial charge in [0.05, 0.1) is 12.2 Å². The van der Waals surface area contributed by atoms with Crippen molar-refractivity contribution in [1.29, 1.82) is 0 Å². The van der Waals surface area contributed by atoms with Crippen LogP contribution in [0.4, 0.5) is 0 Å². The molecule has 0 saturated carbocycles. The number of hydrogen-bond donors (Lipinski definition) is 2. The van der Waals surface area contributed by atoms with E-state index in [1.54, 1.807) is 0 Å². The fourth-order valence-electron chi connectivity index (χ4n) is 1.93. The molecular formula is C11H23NO2. The van der Waals surface area contributed by atoms with Crippen LogP contribution in [-0.2, 0) is 0 Å². The zero-order chi connectivity index (χ0) is 10.8. The van der Waals surface area contributed by atoms with Crippen molar-refractivity contribution in [3.8, 4) is 0 Å². The molecule has 1 rings (SSSR count). The van der Waals surface area contributed by atoms with Crippen LogP contribution in [-0.4, -0.2) is 46.5 Å². The van der Waals surface area contributed by atoms with Crippen LogP contribution >= 0.6 is 0 Å². The van der Waals surface area contributed by atoms with Crippen molar-refractivity contribution in [2.45, 2.75) is 45.3 Å². The molecule has 0 aromatic rings. The summed E-state index contributed by atoms with van der Waals surface area (Å²) < 4.78 is 0. The monoisotopic (exact) mass is 201 g/mol. The highest BCUT2D eigenvalue weighted by Crippen LogP contribution is 2.24. The summed E-state index contributed by atoms with van der Waals surface area (Å²) in [5.41, 5.74) is -0.812. The highest BCUT2D eigenvalue weighted by atomic mass is 16.3. The number of nitrogens with zero attached hydrogens (tertiary/aromatic N) is 1. The maximum Gasteiger partial charge on any atom is 0.0901 e. The highest BCUT2D eigenvalue weighted by Gasteiger charge is 2.33. The Morgan fingerprint density at radius 1 is 1.21 bits per heavy atom. The average Bonchev–Trinajstić information content (AvgIpc) is 2.18. The Hall–Kier alpha value is -0.120. The minimum Gasteiger partial charge on any atom is -0.393 e. The Morgan fingerprint density at radius 2 is 1.71 bits per heavy atom. The average molecular weight is 201 g/mol. The molecule has 2 N–H and O–H groups in total. The molecule has 0 bridgehead atoms. The zero-order valence-electron chi connectivity index (χ0n) is 9.53. The number of piperidine rings is 1. The zero-order valence-corrected chi connectivity index (χ0v) is 9.53. The van der Waals surface area contributed by atoms with Crippen molar-refractivity contribution < 1.29 is 10.2 Å². The molecule has 1 aliphatic rings. The van der Waals surface area contributed by atoms with Gasteiger partial charge in [0.15, 0.2) is 0 Å². The van der Waals surface area contributed by atoms with Crippen LogP contribution in [0.2, 0.25) is 0 Å². The molecule has 0 aromatic heterocycles. The normalized spacial score (nSPS) is 25.3. The number of aliphatic hydroxyl groups is 2. The minimum absolute atomic E-state index is 0.100. The van der Waals surface area contributed by atoms with Crippen LogP contribution in [0.25, 0.3) is 0 Å². The summed E-state index contributed by atoms with van der Waals surface area (Å²) in [5, 5.41) is 18.9. The largest absolute Gasteiger partial charge is 0.393 e. The summed E-state index contributed by atoms with van der Waals surface area (Å²) in [5.74, 6) is 0.648. The van der Waals surface area contributed by atoms with Gasteiger partial charge in [-0.15, -0.1) is 0 Å². The fourth-order valence-corrected chi connectivity index (χ4v) is 1.93. The third-order valence-corrected chi connectivity index (χ3v) is 3.56. The maximum atomic E-state index is 9.84. The van der Waals surface area contributed by atoms with Crippen molar-refractivity contribution in [2.75, 3.05) is 19.7 Å². The van der Waals surface area contributed by atoms with Gasteiger partial charge in [0.2, 0.25) is 0 Å². The van der Waals surface area contributed by atoms with Crippen molar-refractivity contribution in [2.24, 2.45) is 5.92 Å². The molecule has 1 heterocycles. The second-order valence-electron chi connectivity index (χ2n) is 4.90. The van der Waals surface area contributed by atoms with E-state index in [0.717, 1.165) is 13.1 Å². The second-order valence-corrected chi connectivity index (χ2v) is 4.90. The predicted octanol–water partition coefficient (Wildman–Crippen LogP) is 0.850. The Labute approximate surface area is 86.7 Å². The summed E-state index contributed by atoms with van der Waals surface area (Å²) in [6.07, 6.45) is 1.39. The summed E-state index contributed by atoms with van der Waals surface area (Å²) in [6, 6.07) is 0.568. The van der Waals surface area contributed by atoms with Gasteiger partial charge in [0.25, 0.3) is 0 Å². The van der Waals surface area contributed by atoms with Gasteiger partial charge in [-0.2, -0.15) is 0 Å². The van der Waals surface area contributed by atoms with Crippen molar-refractivity contribution in [3.05, 3.63) is 0 Å². The Bertz CT molecular complexity index is 174. The quantitative estimate of drug-likeness (QED) is 0.711. The van der Waals surface area contributed by atoms with E-state index in [-0.39, 0.29) is 6.61 Å². The standard InChI is InChI=1S/C11H23NO2/c1-9(2)10(3)12-6-4-11(14,8-13)5-7-12/h9-10,13-14H,4-8H2,1-3H3. The van der Waals surface area contributed by atoms with Crippen LogP contribution in [0.5, 0.6) is 0 Å². The van der Waals surface area contributed by atoms with Gasteiger partial charge in [0, 0.05) is 19.1 Å². The predicted molar refractivity (Wildman–Crippen MR) is 57.1 cm³/mol. The molecule has 1 saturated heterocycles. The highest BCUT2D eigenvalue weighted by molar-refractivity contribution is 4.87. The van der Waals surface area contributed by atoms with Crippen molar-refractivity contribution in [3.63, 3.8) is 0 Å². The van der Waals surface area contributed by atoms with Gasteiger partial charge in [-0.3, -0.25) is 0 Å². The van der Waals surface area contributed by atoms with Crippen LogP contribution in [0.3, 0.4) is 0 Å². The molecule has 0 spiro atoms. The van der Waals surface area contributed by atoms with Crippen LogP contribution < -0.4 is 0 Å². The molecule has 14 heavy (non-hydrogen) atoms. The van der Waals surface area contributed by atoms with E-state index in [0.29, 0.717) is 24.8 Å². The van der Waals surface area contributed by atoms with E-state index in [2.05, 4.69) is 25.7 Å². The first-order valence-electron chi connectivity index (χ1n) is 5.56. The van der Waals surface area contributed by atoms with Gasteiger partial charge in [-0.25, -0.2) is 0 Å². The fraction of sp³-hybridized carbons (Fsp3) is 1.00. The first kappa shape index (κ1) is 12.0. The van der Waals surface area contributed by atoms with Gasteiger partial charge < -0.3 is 15.1 Å². The molecule has 0 aliphatic carbocycles. The Morgan fingerprint density at radius 3 is 2.07 bits per heavy atom. The lowest BCUT2D eigenvalue weighted by molar-refractivity contribution is -0.0676. The van der Waals surface area contributed by atoms with Gasteiger partial charge in [-0.05, 0) is 25.7 Å². The SMILES string of the molecule is CC(C)C(C)N1CCC(O)(CO)CC1. The van der Waals surface area contributed by atoms with Crippen LogP contribution in [0, 0.1) is 5.92 Å². The molecule has 84 valence electrons. The third kappa shape index (κ3) is 2.69. The summed E-state index contributed by atoms with van der Waals surface area (Å²) in [6.45, 7) is 8.37. The lowest BCUT2D eigenvalue weighted by Crippen LogP contribution is -2.50. The first-order chi connectivity index (χ1) is 6.48. The van der Waals surface area contributed by atoms with Crippen molar-refractivity contribution in [1.82, 2.24) is 4.90 Å². The smallest absolute Gasteiger partial charge is 0.0901 e. The number of hydrogen-bond acceptors (Lipinski definition) is 3. The van der Waals surface area contributed by atoms with Crippen LogP contribution in [0.15, 0.2) is 0 Å². The van der Waals surface area contributed by atoms with Crippen LogP contribution in [0.1, 0.15) is 33.6 Å². The van der Waals surface area contributed by atoms with E-state index in [1.165, 1.54) is 0 Å². The molecule has 0 radical (unpaired) electrons. The lowest BCUT2D eigenvalue weighted by Gasteiger charge is -2.41. The number of likely N-dealkylation sites (tertiary alicyclic amines) is 1. The molecule has 3 nitrogen and oxygen atoms in total. The first-order valence-corrected chi connectivity index (χ1v) is 5.56. The molecule has 1 aliphatic heterocycles. The molecule has 0 aromatic carbocycles. The van der Waals surface area contributed by atoms with Crippen molar-refractivity contribution >= 4 is 0 Å². The van der Waals surface area contributed by atoms with E-state index >= 15 is 0 Å². The summed E-state index contributed by atoms with van der Waals surface area (Å²) >= 11 is 0. The Kier molecular flexibility index (Phi) is 3.93. The van der Waals surface area contributed by atoms with E-state index in [9.17, 15) is 5.11 Å². The van der Waals surface area contributed by atoms with E-state index in [4.69, 9.17) is 5.11 Å². The molecule has 1 fully saturated rings. The number of aliphatic hydroxyl groups excluding tert-OH is 1. The van der Waals surface area contributed by atoms with Gasteiger partial charge >= 0.3 is 0 Å². The lowest BCUT2D eigenvalue weighted by atomic mass is 9.90. The topological polar surface area (TPSA) is 43.7 Å². The molecule has 1 atom stereocenters. The number of rotatable bonds is 3. The third-order valence-electron chi connectivity index (χ3n) is 3.56. The maximum absolute atomic E-state index is 9.84. The summed E-state index contributed by atoms with van der Waals surface area (Å²) in [7, 11) is 0. The molecular weight excluding hydrogens is 178 g/mol. The summed E-state index contributed by atoms with van der Waals surface area (Å²) in [4.78, 5) is 2.40. The van der Waals surface area contributed by atoms with Gasteiger partial charge in [-0.1, -0.05) is 13.8 Å². The van der Waals surface area contributed by atoms with Gasteiger partial charge in [0.1, 0.15) is 0 Å². The molecule has 1 unspecified atom stereocenters. The Balaban J connectivity index is 2.43. The minimum atomic E-state index is -0.812. The van der Waals surface area contributed by atoms with E-state index < -0.39 is 5.60 Å².